The van der Waals surface area contributed by atoms with Crippen molar-refractivity contribution < 1.29 is 35.9 Å². The maximum Gasteiger partial charge on any atom is 0.425 e. The molecule has 1 aromatic rings. The Bertz CT molecular complexity index is 637. The fraction of sp³-hybridized carbons (Fsp3) is 0.417. The molecule has 0 radical (unpaired) electrons. The van der Waals surface area contributed by atoms with Crippen molar-refractivity contribution in [3.8, 4) is 5.75 Å². The quantitative estimate of drug-likeness (QED) is 0.794. The molecule has 0 heterocycles. The Morgan fingerprint density at radius 1 is 1.29 bits per heavy atom. The fourth-order valence-corrected chi connectivity index (χ4v) is 2.02. The van der Waals surface area contributed by atoms with E-state index in [4.69, 9.17) is 0 Å². The number of halogens is 3. The van der Waals surface area contributed by atoms with Crippen LogP contribution in [0.4, 0.5) is 13.2 Å². The number of ether oxygens (including phenoxy) is 2. The summed E-state index contributed by atoms with van der Waals surface area (Å²) in [6.45, 7) is 0.769. The highest BCUT2D eigenvalue weighted by atomic mass is 32.2. The van der Waals surface area contributed by atoms with Crippen LogP contribution in [0.1, 0.15) is 17.3 Å². The average molecular weight is 326 g/mol. The normalized spacial score (nSPS) is 13.6. The molecular weight excluding hydrogens is 313 g/mol. The summed E-state index contributed by atoms with van der Waals surface area (Å²) in [5.41, 5.74) is -0.392. The van der Waals surface area contributed by atoms with Crippen LogP contribution >= 0.6 is 0 Å². The van der Waals surface area contributed by atoms with Gasteiger partial charge in [-0.3, -0.25) is 0 Å². The second-order valence-electron chi connectivity index (χ2n) is 4.22. The average Bonchev–Trinajstić information content (AvgIpc) is 2.35. The van der Waals surface area contributed by atoms with Gasteiger partial charge in [0.2, 0.25) is 0 Å². The van der Waals surface area contributed by atoms with Crippen LogP contribution in [-0.4, -0.2) is 40.0 Å². The van der Waals surface area contributed by atoms with Crippen molar-refractivity contribution in [3.63, 3.8) is 0 Å². The largest absolute Gasteiger partial charge is 0.480 e. The third-order valence-corrected chi connectivity index (χ3v) is 3.66. The molecule has 0 unspecified atom stereocenters. The van der Waals surface area contributed by atoms with Crippen LogP contribution in [0, 0.1) is 0 Å². The number of benzene rings is 1. The second-order valence-corrected chi connectivity index (χ2v) is 6.24. The van der Waals surface area contributed by atoms with Gasteiger partial charge in [0.15, 0.2) is 15.9 Å². The van der Waals surface area contributed by atoms with Crippen LogP contribution in [0.15, 0.2) is 23.1 Å². The molecule has 0 bridgehead atoms. The van der Waals surface area contributed by atoms with Gasteiger partial charge in [0.25, 0.3) is 0 Å². The smallest absolute Gasteiger partial charge is 0.425 e. The van der Waals surface area contributed by atoms with Crippen LogP contribution in [0.5, 0.6) is 5.75 Å². The first-order valence-electron chi connectivity index (χ1n) is 5.62. The molecule has 0 aliphatic carbocycles. The third-order valence-electron chi connectivity index (χ3n) is 2.55. The zero-order chi connectivity index (χ0) is 16.4. The minimum Gasteiger partial charge on any atom is -0.480 e. The van der Waals surface area contributed by atoms with Crippen molar-refractivity contribution >= 4 is 15.8 Å². The van der Waals surface area contributed by atoms with Gasteiger partial charge >= 0.3 is 12.1 Å². The third kappa shape index (κ3) is 4.35. The van der Waals surface area contributed by atoms with Crippen molar-refractivity contribution in [2.75, 3.05) is 13.4 Å². The van der Waals surface area contributed by atoms with Gasteiger partial charge in [0.1, 0.15) is 11.3 Å². The van der Waals surface area contributed by atoms with E-state index in [1.54, 1.807) is 0 Å². The number of rotatable bonds is 4. The van der Waals surface area contributed by atoms with Gasteiger partial charge in [-0.15, -0.1) is 0 Å². The summed E-state index contributed by atoms with van der Waals surface area (Å²) in [4.78, 5) is 11.3. The van der Waals surface area contributed by atoms with Gasteiger partial charge in [0, 0.05) is 6.26 Å². The van der Waals surface area contributed by atoms with Crippen molar-refractivity contribution in [3.05, 3.63) is 23.8 Å². The molecule has 118 valence electrons. The maximum atomic E-state index is 12.5. The van der Waals surface area contributed by atoms with E-state index in [0.717, 1.165) is 38.5 Å². The van der Waals surface area contributed by atoms with Crippen molar-refractivity contribution in [1.82, 2.24) is 0 Å². The topological polar surface area (TPSA) is 69.7 Å². The summed E-state index contributed by atoms with van der Waals surface area (Å²) in [6, 6.07) is 2.96. The highest BCUT2D eigenvalue weighted by molar-refractivity contribution is 7.90. The van der Waals surface area contributed by atoms with E-state index in [2.05, 4.69) is 9.47 Å². The molecule has 1 rings (SSSR count). The lowest BCUT2D eigenvalue weighted by Gasteiger charge is -2.19. The molecular formula is C12H13F3O5S. The standard InChI is InChI=1S/C12H13F3O5S/c1-7(12(13,14)15)20-10-5-4-8(21(3,17)18)6-9(10)11(16)19-2/h4-7H,1-3H3/t7-/m0/s1. The number of esters is 1. The SMILES string of the molecule is COC(=O)c1cc(S(C)(=O)=O)ccc1O[C@@H](C)C(F)(F)F. The molecule has 0 saturated heterocycles. The molecule has 21 heavy (non-hydrogen) atoms. The molecule has 0 amide bonds. The lowest BCUT2D eigenvalue weighted by molar-refractivity contribution is -0.189. The maximum absolute atomic E-state index is 12.5. The Labute approximate surface area is 119 Å². The number of sulfone groups is 1. The lowest BCUT2D eigenvalue weighted by Crippen LogP contribution is -2.31. The predicted octanol–water partition coefficient (Wildman–Crippen LogP) is 2.21. The van der Waals surface area contributed by atoms with Gasteiger partial charge < -0.3 is 9.47 Å². The van der Waals surface area contributed by atoms with E-state index in [9.17, 15) is 26.4 Å². The summed E-state index contributed by atoms with van der Waals surface area (Å²) >= 11 is 0. The van der Waals surface area contributed by atoms with Crippen LogP contribution in [0.2, 0.25) is 0 Å². The number of hydrogen-bond donors (Lipinski definition) is 0. The molecule has 5 nitrogen and oxygen atoms in total. The molecule has 0 spiro atoms. The van der Waals surface area contributed by atoms with E-state index in [1.165, 1.54) is 0 Å². The van der Waals surface area contributed by atoms with E-state index in [-0.39, 0.29) is 4.90 Å². The summed E-state index contributed by atoms with van der Waals surface area (Å²) in [6.07, 6.45) is -5.88. The summed E-state index contributed by atoms with van der Waals surface area (Å²) < 4.78 is 69.4. The summed E-state index contributed by atoms with van der Waals surface area (Å²) in [7, 11) is -2.61. The predicted molar refractivity (Wildman–Crippen MR) is 67.0 cm³/mol. The monoisotopic (exact) mass is 326 g/mol. The van der Waals surface area contributed by atoms with Gasteiger partial charge in [-0.1, -0.05) is 0 Å². The minimum atomic E-state index is -4.62. The van der Waals surface area contributed by atoms with Gasteiger partial charge in [-0.2, -0.15) is 13.2 Å². The Kier molecular flexibility index (Phi) is 4.87. The number of carbonyl (C=O) groups excluding carboxylic acids is 1. The molecule has 0 fully saturated rings. The van der Waals surface area contributed by atoms with Crippen molar-refractivity contribution in [2.45, 2.75) is 24.1 Å². The molecule has 0 aliphatic rings. The van der Waals surface area contributed by atoms with E-state index >= 15 is 0 Å². The Morgan fingerprint density at radius 3 is 2.29 bits per heavy atom. The Hall–Kier alpha value is -1.77. The highest BCUT2D eigenvalue weighted by Crippen LogP contribution is 2.29. The van der Waals surface area contributed by atoms with Crippen LogP contribution in [-0.2, 0) is 14.6 Å². The van der Waals surface area contributed by atoms with Crippen LogP contribution < -0.4 is 4.74 Å². The molecule has 1 atom stereocenters. The van der Waals surface area contributed by atoms with E-state index < -0.39 is 39.4 Å². The van der Waals surface area contributed by atoms with Crippen LogP contribution in [0.25, 0.3) is 0 Å². The number of hydrogen-bond acceptors (Lipinski definition) is 5. The highest BCUT2D eigenvalue weighted by Gasteiger charge is 2.38. The zero-order valence-electron chi connectivity index (χ0n) is 11.4. The number of carbonyl (C=O) groups is 1. The molecule has 1 aromatic carbocycles. The van der Waals surface area contributed by atoms with E-state index in [1.807, 2.05) is 0 Å². The number of methoxy groups -OCH3 is 1. The lowest BCUT2D eigenvalue weighted by atomic mass is 10.2. The molecule has 0 aliphatic heterocycles. The zero-order valence-corrected chi connectivity index (χ0v) is 12.2. The van der Waals surface area contributed by atoms with Gasteiger partial charge in [-0.25, -0.2) is 13.2 Å². The fourth-order valence-electron chi connectivity index (χ4n) is 1.37. The summed E-state index contributed by atoms with van der Waals surface area (Å²) in [5, 5.41) is 0. The first kappa shape index (κ1) is 17.3. The molecule has 0 N–H and O–H groups in total. The van der Waals surface area contributed by atoms with E-state index in [0.29, 0.717) is 0 Å². The number of alkyl halides is 3. The minimum absolute atomic E-state index is 0.227. The molecule has 0 saturated carbocycles. The van der Waals surface area contributed by atoms with Crippen molar-refractivity contribution in [1.29, 1.82) is 0 Å². The Balaban J connectivity index is 3.30. The Morgan fingerprint density at radius 2 is 1.86 bits per heavy atom. The first-order chi connectivity index (χ1) is 9.46. The van der Waals surface area contributed by atoms with Gasteiger partial charge in [-0.05, 0) is 25.1 Å². The second kappa shape index (κ2) is 5.92. The molecule has 0 aromatic heterocycles. The van der Waals surface area contributed by atoms with Crippen molar-refractivity contribution in [2.24, 2.45) is 0 Å². The van der Waals surface area contributed by atoms with Crippen LogP contribution in [0.3, 0.4) is 0 Å². The van der Waals surface area contributed by atoms with Gasteiger partial charge in [0.05, 0.1) is 12.0 Å². The molecule has 9 heteroatoms. The first-order valence-corrected chi connectivity index (χ1v) is 7.51. The summed E-state index contributed by atoms with van der Waals surface area (Å²) in [5.74, 6) is -1.40.